The molecule has 1 N–H and O–H groups in total. The molecule has 0 unspecified atom stereocenters. The van der Waals surface area contributed by atoms with Crippen molar-refractivity contribution >= 4 is 39.2 Å². The van der Waals surface area contributed by atoms with Crippen molar-refractivity contribution in [2.75, 3.05) is 18.5 Å². The molecule has 8 heteroatoms. The molecule has 0 saturated carbocycles. The van der Waals surface area contributed by atoms with Crippen LogP contribution in [0.25, 0.3) is 11.0 Å². The van der Waals surface area contributed by atoms with E-state index in [4.69, 9.17) is 13.9 Å². The van der Waals surface area contributed by atoms with E-state index in [9.17, 15) is 14.4 Å². The number of carbonyl (C=O) groups excluding carboxylic acids is 2. The van der Waals surface area contributed by atoms with Crippen molar-refractivity contribution in [2.24, 2.45) is 0 Å². The Morgan fingerprint density at radius 2 is 1.85 bits per heavy atom. The van der Waals surface area contributed by atoms with Crippen LogP contribution in [0.15, 0.2) is 27.4 Å². The Morgan fingerprint density at radius 3 is 2.70 bits per heavy atom. The summed E-state index contributed by atoms with van der Waals surface area (Å²) < 4.78 is 16.4. The first-order valence-corrected chi connectivity index (χ1v) is 12.2. The van der Waals surface area contributed by atoms with Gasteiger partial charge in [0, 0.05) is 21.9 Å². The zero-order valence-electron chi connectivity index (χ0n) is 18.5. The summed E-state index contributed by atoms with van der Waals surface area (Å²) in [5, 5.41) is 4.28. The van der Waals surface area contributed by atoms with Gasteiger partial charge in [-0.2, -0.15) is 0 Å². The number of rotatable bonds is 6. The maximum atomic E-state index is 12.6. The maximum Gasteiger partial charge on any atom is 0.341 e. The van der Waals surface area contributed by atoms with E-state index in [1.165, 1.54) is 11.3 Å². The Labute approximate surface area is 194 Å². The molecule has 33 heavy (non-hydrogen) atoms. The number of nitrogens with one attached hydrogen (secondary N) is 1. The quantitative estimate of drug-likeness (QED) is 0.426. The number of carbonyl (C=O) groups is 2. The second kappa shape index (κ2) is 9.02. The van der Waals surface area contributed by atoms with Crippen molar-refractivity contribution in [3.05, 3.63) is 55.8 Å². The summed E-state index contributed by atoms with van der Waals surface area (Å²) in [5.74, 6) is -0.324. The highest BCUT2D eigenvalue weighted by Gasteiger charge is 2.27. The van der Waals surface area contributed by atoms with Gasteiger partial charge >= 0.3 is 11.6 Å². The normalized spacial score (nSPS) is 14.6. The number of hydrogen-bond donors (Lipinski definition) is 1. The van der Waals surface area contributed by atoms with Crippen LogP contribution in [0.4, 0.5) is 5.00 Å². The second-order valence-electron chi connectivity index (χ2n) is 8.33. The number of thiophene rings is 1. The van der Waals surface area contributed by atoms with E-state index >= 15 is 0 Å². The number of amides is 1. The predicted octanol–water partition coefficient (Wildman–Crippen LogP) is 4.42. The van der Waals surface area contributed by atoms with Gasteiger partial charge in [0.1, 0.15) is 16.3 Å². The molecule has 0 bridgehead atoms. The fourth-order valence-corrected chi connectivity index (χ4v) is 6.03. The minimum absolute atomic E-state index is 0.231. The highest BCUT2D eigenvalue weighted by atomic mass is 32.1. The lowest BCUT2D eigenvalue weighted by molar-refractivity contribution is -0.118. The van der Waals surface area contributed by atoms with Crippen LogP contribution >= 0.6 is 11.3 Å². The monoisotopic (exact) mass is 467 g/mol. The highest BCUT2D eigenvalue weighted by Crippen LogP contribution is 2.38. The third kappa shape index (κ3) is 4.15. The van der Waals surface area contributed by atoms with Gasteiger partial charge in [0.15, 0.2) is 6.61 Å². The molecular weight excluding hydrogens is 442 g/mol. The molecular formula is C25H25NO6S. The number of aryl methyl sites for hydroxylation is 2. The topological polar surface area (TPSA) is 94.8 Å². The van der Waals surface area contributed by atoms with Crippen LogP contribution in [0, 0.1) is 0 Å². The summed E-state index contributed by atoms with van der Waals surface area (Å²) >= 11 is 1.44. The van der Waals surface area contributed by atoms with Gasteiger partial charge in [0.05, 0.1) is 12.2 Å². The van der Waals surface area contributed by atoms with Gasteiger partial charge in [-0.3, -0.25) is 4.79 Å². The van der Waals surface area contributed by atoms with Crippen LogP contribution < -0.4 is 15.7 Å². The number of hydrogen-bond acceptors (Lipinski definition) is 7. The van der Waals surface area contributed by atoms with Gasteiger partial charge in [-0.15, -0.1) is 11.3 Å². The van der Waals surface area contributed by atoms with Crippen LogP contribution in [0.5, 0.6) is 5.75 Å². The Bertz CT molecular complexity index is 1300. The lowest BCUT2D eigenvalue weighted by Crippen LogP contribution is -2.21. The van der Waals surface area contributed by atoms with Crippen molar-refractivity contribution in [1.29, 1.82) is 0 Å². The molecule has 3 aromatic rings. The standard InChI is InChI=1S/C25H25NO6S/c1-2-30-25(29)22-18-6-3-4-9-20(18)33-23(22)26-21(27)13-31-14-10-11-16-15-7-5-8-17(15)24(28)32-19(16)12-14/h10-12H,2-9,13H2,1H3,(H,26,27). The Kier molecular flexibility index (Phi) is 5.93. The zero-order chi connectivity index (χ0) is 22.9. The Balaban J connectivity index is 1.32. The minimum atomic E-state index is -0.398. The molecule has 7 nitrogen and oxygen atoms in total. The molecule has 0 radical (unpaired) electrons. The first kappa shape index (κ1) is 21.7. The van der Waals surface area contributed by atoms with Gasteiger partial charge < -0.3 is 19.2 Å². The zero-order valence-corrected chi connectivity index (χ0v) is 19.3. The van der Waals surface area contributed by atoms with E-state index < -0.39 is 5.97 Å². The van der Waals surface area contributed by atoms with Crippen molar-refractivity contribution in [2.45, 2.75) is 51.9 Å². The van der Waals surface area contributed by atoms with Gasteiger partial charge in [0.25, 0.3) is 5.91 Å². The SMILES string of the molecule is CCOC(=O)c1c(NC(=O)COc2ccc3c4c(c(=O)oc3c2)CCC4)sc2c1CCCC2. The fraction of sp³-hybridized carbons (Fsp3) is 0.400. The highest BCUT2D eigenvalue weighted by molar-refractivity contribution is 7.17. The summed E-state index contributed by atoms with van der Waals surface area (Å²) in [6, 6.07) is 5.31. The van der Waals surface area contributed by atoms with E-state index in [0.717, 1.165) is 71.9 Å². The summed E-state index contributed by atoms with van der Waals surface area (Å²) in [4.78, 5) is 38.6. The average Bonchev–Trinajstić information content (AvgIpc) is 3.43. The number of benzene rings is 1. The third-order valence-corrected chi connectivity index (χ3v) is 7.43. The minimum Gasteiger partial charge on any atom is -0.484 e. The number of anilines is 1. The van der Waals surface area contributed by atoms with E-state index in [1.807, 2.05) is 6.07 Å². The first-order chi connectivity index (χ1) is 16.0. The van der Waals surface area contributed by atoms with Gasteiger partial charge in [-0.25, -0.2) is 9.59 Å². The van der Waals surface area contributed by atoms with E-state index in [1.54, 1.807) is 19.1 Å². The fourth-order valence-electron chi connectivity index (χ4n) is 4.74. The summed E-state index contributed by atoms with van der Waals surface area (Å²) in [5.41, 5.74) is 3.47. The number of fused-ring (bicyclic) bond motifs is 4. The van der Waals surface area contributed by atoms with E-state index in [0.29, 0.717) is 21.9 Å². The first-order valence-electron chi connectivity index (χ1n) is 11.4. The Morgan fingerprint density at radius 1 is 1.06 bits per heavy atom. The molecule has 0 spiro atoms. The van der Waals surface area contributed by atoms with Crippen molar-refractivity contribution in [3.8, 4) is 5.75 Å². The number of esters is 1. The maximum absolute atomic E-state index is 12.6. The van der Waals surface area contributed by atoms with E-state index in [-0.39, 0.29) is 24.7 Å². The summed E-state index contributed by atoms with van der Waals surface area (Å²) in [6.07, 6.45) is 6.40. The number of ether oxygens (including phenoxy) is 2. The van der Waals surface area contributed by atoms with Crippen molar-refractivity contribution < 1.29 is 23.5 Å². The molecule has 0 saturated heterocycles. The predicted molar refractivity (Wildman–Crippen MR) is 126 cm³/mol. The molecule has 0 fully saturated rings. The average molecular weight is 468 g/mol. The van der Waals surface area contributed by atoms with Crippen LogP contribution in [0.1, 0.15) is 58.1 Å². The molecule has 2 heterocycles. The van der Waals surface area contributed by atoms with Gasteiger partial charge in [-0.05, 0) is 75.1 Å². The second-order valence-corrected chi connectivity index (χ2v) is 9.44. The largest absolute Gasteiger partial charge is 0.484 e. The molecule has 1 aromatic carbocycles. The van der Waals surface area contributed by atoms with E-state index in [2.05, 4.69) is 5.32 Å². The molecule has 5 rings (SSSR count). The van der Waals surface area contributed by atoms with Gasteiger partial charge in [0.2, 0.25) is 0 Å². The van der Waals surface area contributed by atoms with Crippen LogP contribution in [0.3, 0.4) is 0 Å². The molecule has 2 aliphatic rings. The van der Waals surface area contributed by atoms with Gasteiger partial charge in [-0.1, -0.05) is 0 Å². The van der Waals surface area contributed by atoms with Crippen LogP contribution in [-0.2, 0) is 35.2 Å². The van der Waals surface area contributed by atoms with Crippen LogP contribution in [-0.4, -0.2) is 25.1 Å². The molecule has 0 atom stereocenters. The molecule has 172 valence electrons. The Hall–Kier alpha value is -3.13. The smallest absolute Gasteiger partial charge is 0.341 e. The molecule has 0 aliphatic heterocycles. The summed E-state index contributed by atoms with van der Waals surface area (Å²) in [7, 11) is 0. The third-order valence-electron chi connectivity index (χ3n) is 6.22. The lowest BCUT2D eigenvalue weighted by Gasteiger charge is -2.12. The van der Waals surface area contributed by atoms with Crippen LogP contribution in [0.2, 0.25) is 0 Å². The lowest BCUT2D eigenvalue weighted by atomic mass is 9.95. The van der Waals surface area contributed by atoms with Crippen molar-refractivity contribution in [1.82, 2.24) is 0 Å². The molecule has 2 aromatic heterocycles. The van der Waals surface area contributed by atoms with Crippen molar-refractivity contribution in [3.63, 3.8) is 0 Å². The summed E-state index contributed by atoms with van der Waals surface area (Å²) in [6.45, 7) is 1.81. The molecule has 2 aliphatic carbocycles. The molecule has 1 amide bonds.